The first-order valence-electron chi connectivity index (χ1n) is 6.43. The van der Waals surface area contributed by atoms with E-state index in [9.17, 15) is 12.8 Å². The summed E-state index contributed by atoms with van der Waals surface area (Å²) >= 11 is 0. The van der Waals surface area contributed by atoms with E-state index in [0.29, 0.717) is 5.82 Å². The molecule has 7 heteroatoms. The van der Waals surface area contributed by atoms with E-state index in [1.807, 2.05) is 13.8 Å². The van der Waals surface area contributed by atoms with E-state index in [4.69, 9.17) is 0 Å². The van der Waals surface area contributed by atoms with Gasteiger partial charge in [0.25, 0.3) is 10.0 Å². The Morgan fingerprint density at radius 3 is 2.50 bits per heavy atom. The molecule has 0 bridgehead atoms. The number of rotatable bonds is 4. The van der Waals surface area contributed by atoms with Gasteiger partial charge in [-0.15, -0.1) is 0 Å². The van der Waals surface area contributed by atoms with E-state index in [0.717, 1.165) is 0 Å². The molecule has 0 spiro atoms. The molecule has 2 heterocycles. The van der Waals surface area contributed by atoms with Crippen molar-refractivity contribution in [3.63, 3.8) is 0 Å². The van der Waals surface area contributed by atoms with Gasteiger partial charge in [-0.1, -0.05) is 13.8 Å². The lowest BCUT2D eigenvalue weighted by molar-refractivity contribution is 0.565. The quantitative estimate of drug-likeness (QED) is 0.942. The minimum atomic E-state index is -3.84. The number of hydrogen-bond donors (Lipinski definition) is 1. The second-order valence-corrected chi connectivity index (χ2v) is 6.91. The molecule has 0 saturated carbocycles. The largest absolute Gasteiger partial charge is 0.300 e. The first-order chi connectivity index (χ1) is 9.24. The second kappa shape index (κ2) is 5.14. The molecule has 20 heavy (non-hydrogen) atoms. The van der Waals surface area contributed by atoms with E-state index < -0.39 is 15.8 Å². The van der Waals surface area contributed by atoms with Crippen molar-refractivity contribution in [1.29, 1.82) is 0 Å². The van der Waals surface area contributed by atoms with Crippen LogP contribution in [0.1, 0.15) is 39.4 Å². The number of aromatic nitrogens is 2. The molecular formula is C13H18FN3O2S. The van der Waals surface area contributed by atoms with Crippen LogP contribution in [-0.2, 0) is 10.0 Å². The number of imidazole rings is 1. The summed E-state index contributed by atoms with van der Waals surface area (Å²) < 4.78 is 42.6. The van der Waals surface area contributed by atoms with Gasteiger partial charge in [-0.05, 0) is 26.0 Å². The number of halogens is 1. The van der Waals surface area contributed by atoms with Gasteiger partial charge in [-0.2, -0.15) is 0 Å². The average Bonchev–Trinajstić information content (AvgIpc) is 2.68. The third-order valence-electron chi connectivity index (χ3n) is 2.77. The fourth-order valence-electron chi connectivity index (χ4n) is 2.05. The standard InChI is InChI=1S/C13H18FN3O2S/c1-8(2)12-15-13(20(18,19)16-9(3)4)11-10(14)6-5-7-17(11)12/h5-9,16H,1-4H3. The maximum absolute atomic E-state index is 14.0. The molecule has 0 aromatic carbocycles. The van der Waals surface area contributed by atoms with Gasteiger partial charge in [0.1, 0.15) is 17.2 Å². The zero-order valence-electron chi connectivity index (χ0n) is 11.9. The summed E-state index contributed by atoms with van der Waals surface area (Å²) in [5.74, 6) is -0.105. The topological polar surface area (TPSA) is 63.5 Å². The van der Waals surface area contributed by atoms with Gasteiger partial charge in [0.15, 0.2) is 5.03 Å². The zero-order valence-corrected chi connectivity index (χ0v) is 12.7. The molecule has 0 saturated heterocycles. The monoisotopic (exact) mass is 299 g/mol. The molecule has 0 aliphatic carbocycles. The Kier molecular flexibility index (Phi) is 3.84. The highest BCUT2D eigenvalue weighted by molar-refractivity contribution is 7.89. The first kappa shape index (κ1) is 14.9. The fourth-order valence-corrected chi connectivity index (χ4v) is 3.45. The molecular weight excluding hydrogens is 281 g/mol. The van der Waals surface area contributed by atoms with Crippen LogP contribution < -0.4 is 4.72 Å². The number of pyridine rings is 1. The molecule has 0 amide bonds. The third-order valence-corrected chi connectivity index (χ3v) is 4.35. The maximum atomic E-state index is 14.0. The number of hydrogen-bond acceptors (Lipinski definition) is 3. The highest BCUT2D eigenvalue weighted by Crippen LogP contribution is 2.25. The smallest absolute Gasteiger partial charge is 0.260 e. The second-order valence-electron chi connectivity index (χ2n) is 5.28. The number of fused-ring (bicyclic) bond motifs is 1. The van der Waals surface area contributed by atoms with Gasteiger partial charge < -0.3 is 0 Å². The number of nitrogens with one attached hydrogen (secondary N) is 1. The molecule has 2 aromatic rings. The van der Waals surface area contributed by atoms with Gasteiger partial charge in [0.05, 0.1) is 0 Å². The van der Waals surface area contributed by atoms with E-state index in [1.54, 1.807) is 20.0 Å². The van der Waals surface area contributed by atoms with Crippen LogP contribution in [0, 0.1) is 5.82 Å². The highest BCUT2D eigenvalue weighted by Gasteiger charge is 2.26. The molecule has 0 aliphatic rings. The Labute approximate surface area is 117 Å². The van der Waals surface area contributed by atoms with Gasteiger partial charge in [0, 0.05) is 18.2 Å². The lowest BCUT2D eigenvalue weighted by Gasteiger charge is -2.07. The van der Waals surface area contributed by atoms with E-state index in [1.165, 1.54) is 16.5 Å². The molecule has 0 radical (unpaired) electrons. The summed E-state index contributed by atoms with van der Waals surface area (Å²) in [4.78, 5) is 4.15. The van der Waals surface area contributed by atoms with Crippen molar-refractivity contribution in [3.05, 3.63) is 30.0 Å². The summed E-state index contributed by atoms with van der Waals surface area (Å²) in [6, 6.07) is 2.48. The van der Waals surface area contributed by atoms with Crippen LogP contribution in [0.5, 0.6) is 0 Å². The van der Waals surface area contributed by atoms with Crippen molar-refractivity contribution in [2.45, 2.75) is 44.7 Å². The molecule has 0 aliphatic heterocycles. The maximum Gasteiger partial charge on any atom is 0.260 e. The van der Waals surface area contributed by atoms with Gasteiger partial charge in [-0.3, -0.25) is 4.40 Å². The van der Waals surface area contributed by atoms with Crippen LogP contribution in [0.2, 0.25) is 0 Å². The minimum absolute atomic E-state index is 0.00986. The third kappa shape index (κ3) is 2.55. The molecule has 5 nitrogen and oxygen atoms in total. The predicted molar refractivity (Wildman–Crippen MR) is 74.7 cm³/mol. The Bertz CT molecular complexity index is 735. The number of sulfonamides is 1. The minimum Gasteiger partial charge on any atom is -0.300 e. The predicted octanol–water partition coefficient (Wildman–Crippen LogP) is 2.28. The highest BCUT2D eigenvalue weighted by atomic mass is 32.2. The van der Waals surface area contributed by atoms with Crippen molar-refractivity contribution in [1.82, 2.24) is 14.1 Å². The van der Waals surface area contributed by atoms with Gasteiger partial charge in [-0.25, -0.2) is 22.5 Å². The summed E-state index contributed by atoms with van der Waals surface area (Å²) in [7, 11) is -3.84. The molecule has 2 rings (SSSR count). The summed E-state index contributed by atoms with van der Waals surface area (Å²) in [6.07, 6.45) is 1.62. The Hall–Kier alpha value is -1.47. The van der Waals surface area contributed by atoms with Crippen LogP contribution in [0.15, 0.2) is 23.4 Å². The van der Waals surface area contributed by atoms with Crippen LogP contribution >= 0.6 is 0 Å². The fraction of sp³-hybridized carbons (Fsp3) is 0.462. The molecule has 2 aromatic heterocycles. The van der Waals surface area contributed by atoms with Gasteiger partial charge >= 0.3 is 0 Å². The van der Waals surface area contributed by atoms with Crippen molar-refractivity contribution >= 4 is 15.5 Å². The Balaban J connectivity index is 2.77. The molecule has 0 unspecified atom stereocenters. The van der Waals surface area contributed by atoms with Crippen molar-refractivity contribution in [2.24, 2.45) is 0 Å². The van der Waals surface area contributed by atoms with Crippen LogP contribution in [0.3, 0.4) is 0 Å². The molecule has 0 atom stereocenters. The molecule has 0 fully saturated rings. The van der Waals surface area contributed by atoms with Crippen molar-refractivity contribution < 1.29 is 12.8 Å². The zero-order chi connectivity index (χ0) is 15.1. The molecule has 1 N–H and O–H groups in total. The Morgan fingerprint density at radius 1 is 1.30 bits per heavy atom. The number of nitrogens with zero attached hydrogens (tertiary/aromatic N) is 2. The van der Waals surface area contributed by atoms with Crippen molar-refractivity contribution in [2.75, 3.05) is 0 Å². The van der Waals surface area contributed by atoms with Gasteiger partial charge in [0.2, 0.25) is 0 Å². The van der Waals surface area contributed by atoms with E-state index in [2.05, 4.69) is 9.71 Å². The molecule has 110 valence electrons. The van der Waals surface area contributed by atoms with E-state index in [-0.39, 0.29) is 22.5 Å². The van der Waals surface area contributed by atoms with Crippen LogP contribution in [0.4, 0.5) is 4.39 Å². The normalized spacial score (nSPS) is 12.8. The van der Waals surface area contributed by atoms with Crippen LogP contribution in [-0.4, -0.2) is 23.8 Å². The SMILES string of the molecule is CC(C)NS(=O)(=O)c1nc(C(C)C)n2cccc(F)c12. The lowest BCUT2D eigenvalue weighted by atomic mass is 10.2. The van der Waals surface area contributed by atoms with Crippen LogP contribution in [0.25, 0.3) is 5.52 Å². The van der Waals surface area contributed by atoms with Crippen molar-refractivity contribution in [3.8, 4) is 0 Å². The average molecular weight is 299 g/mol. The summed E-state index contributed by atoms with van der Waals surface area (Å²) in [5.41, 5.74) is -0.00986. The first-order valence-corrected chi connectivity index (χ1v) is 7.91. The Morgan fingerprint density at radius 2 is 1.95 bits per heavy atom. The summed E-state index contributed by atoms with van der Waals surface area (Å²) in [5, 5.41) is -0.256. The van der Waals surface area contributed by atoms with E-state index >= 15 is 0 Å². The summed E-state index contributed by atoms with van der Waals surface area (Å²) in [6.45, 7) is 7.17. The lowest BCUT2D eigenvalue weighted by Crippen LogP contribution is -2.30.